The summed E-state index contributed by atoms with van der Waals surface area (Å²) < 4.78 is 7.55. The number of nitrogens with one attached hydrogen (secondary N) is 1. The van der Waals surface area contributed by atoms with Gasteiger partial charge < -0.3 is 10.1 Å². The molecule has 1 aromatic rings. The number of hydrogen-bond acceptors (Lipinski definition) is 4. The third kappa shape index (κ3) is 3.58. The Bertz CT molecular complexity index is 563. The van der Waals surface area contributed by atoms with Gasteiger partial charge in [-0.15, -0.1) is 0 Å². The van der Waals surface area contributed by atoms with Crippen LogP contribution in [0.15, 0.2) is 0 Å². The Kier molecular flexibility index (Phi) is 5.02. The summed E-state index contributed by atoms with van der Waals surface area (Å²) in [5.74, 6) is 0.0925. The number of likely N-dealkylation sites (tertiary alicyclic amines) is 1. The molecule has 6 nitrogen and oxygen atoms in total. The number of carbonyl (C=O) groups excluding carboxylic acids is 1. The first-order valence-corrected chi connectivity index (χ1v) is 8.68. The molecule has 1 N–H and O–H groups in total. The number of rotatable bonds is 5. The van der Waals surface area contributed by atoms with E-state index in [4.69, 9.17) is 4.74 Å². The molecule has 2 fully saturated rings. The second-order valence-electron chi connectivity index (χ2n) is 6.79. The molecule has 1 amide bonds. The molecule has 1 aromatic heterocycles. The van der Waals surface area contributed by atoms with Gasteiger partial charge in [0.15, 0.2) is 0 Å². The first kappa shape index (κ1) is 16.5. The molecule has 0 aliphatic carbocycles. The number of nitrogens with zero attached hydrogens (tertiary/aromatic N) is 3. The summed E-state index contributed by atoms with van der Waals surface area (Å²) in [7, 11) is 0. The predicted molar refractivity (Wildman–Crippen MR) is 88.4 cm³/mol. The van der Waals surface area contributed by atoms with E-state index < -0.39 is 0 Å². The first-order chi connectivity index (χ1) is 11.1. The van der Waals surface area contributed by atoms with Crippen LogP contribution in [0.5, 0.6) is 0 Å². The Morgan fingerprint density at radius 3 is 2.65 bits per heavy atom. The highest BCUT2D eigenvalue weighted by atomic mass is 16.5. The van der Waals surface area contributed by atoms with E-state index in [0.29, 0.717) is 25.6 Å². The van der Waals surface area contributed by atoms with E-state index in [1.165, 1.54) is 18.4 Å². The Balaban J connectivity index is 1.51. The second-order valence-corrected chi connectivity index (χ2v) is 6.79. The Labute approximate surface area is 138 Å². The largest absolute Gasteiger partial charge is 0.378 e. The molecule has 2 atom stereocenters. The van der Waals surface area contributed by atoms with Crippen LogP contribution in [0, 0.1) is 20.8 Å². The van der Waals surface area contributed by atoms with Crippen LogP contribution in [0.1, 0.15) is 36.2 Å². The van der Waals surface area contributed by atoms with Crippen molar-refractivity contribution in [3.05, 3.63) is 17.0 Å². The maximum absolute atomic E-state index is 12.3. The van der Waals surface area contributed by atoms with Gasteiger partial charge in [0.2, 0.25) is 5.91 Å². The number of amides is 1. The maximum atomic E-state index is 12.3. The standard InChI is InChI=1S/C17H28N4O2/c1-12-13(2)19-21(14(12)3)9-6-17(22)18-15-10-23-11-16(15)20-7-4-5-8-20/h15-16H,4-11H2,1-3H3,(H,18,22)/t15-,16-/m0/s1. The molecule has 23 heavy (non-hydrogen) atoms. The smallest absolute Gasteiger partial charge is 0.222 e. The number of aryl methyl sites for hydroxylation is 2. The summed E-state index contributed by atoms with van der Waals surface area (Å²) in [6.45, 7) is 10.4. The molecular weight excluding hydrogens is 292 g/mol. The van der Waals surface area contributed by atoms with Crippen molar-refractivity contribution in [2.45, 2.75) is 58.7 Å². The van der Waals surface area contributed by atoms with Crippen molar-refractivity contribution in [2.75, 3.05) is 26.3 Å². The molecule has 0 aromatic carbocycles. The molecule has 0 saturated carbocycles. The Hall–Kier alpha value is -1.40. The van der Waals surface area contributed by atoms with Crippen molar-refractivity contribution in [1.29, 1.82) is 0 Å². The number of ether oxygens (including phenoxy) is 1. The van der Waals surface area contributed by atoms with Gasteiger partial charge in [-0.3, -0.25) is 14.4 Å². The van der Waals surface area contributed by atoms with E-state index in [0.717, 1.165) is 31.1 Å². The zero-order chi connectivity index (χ0) is 16.4. The first-order valence-electron chi connectivity index (χ1n) is 8.68. The third-order valence-corrected chi connectivity index (χ3v) is 5.30. The van der Waals surface area contributed by atoms with Crippen LogP contribution in [0.25, 0.3) is 0 Å². The maximum Gasteiger partial charge on any atom is 0.222 e. The normalized spacial score (nSPS) is 25.2. The van der Waals surface area contributed by atoms with E-state index in [1.54, 1.807) is 0 Å². The minimum Gasteiger partial charge on any atom is -0.378 e. The molecule has 3 heterocycles. The van der Waals surface area contributed by atoms with E-state index in [2.05, 4.69) is 29.2 Å². The van der Waals surface area contributed by atoms with Crippen molar-refractivity contribution >= 4 is 5.91 Å². The lowest BCUT2D eigenvalue weighted by molar-refractivity contribution is -0.122. The van der Waals surface area contributed by atoms with E-state index in [9.17, 15) is 4.79 Å². The summed E-state index contributed by atoms with van der Waals surface area (Å²) in [5, 5.41) is 7.67. The number of aromatic nitrogens is 2. The zero-order valence-corrected chi connectivity index (χ0v) is 14.5. The third-order valence-electron chi connectivity index (χ3n) is 5.30. The minimum absolute atomic E-state index is 0.0925. The van der Waals surface area contributed by atoms with Crippen molar-refractivity contribution in [3.8, 4) is 0 Å². The van der Waals surface area contributed by atoms with Gasteiger partial charge in [-0.1, -0.05) is 0 Å². The van der Waals surface area contributed by atoms with Gasteiger partial charge in [-0.25, -0.2) is 0 Å². The summed E-state index contributed by atoms with van der Waals surface area (Å²) in [4.78, 5) is 14.8. The zero-order valence-electron chi connectivity index (χ0n) is 14.5. The predicted octanol–water partition coefficient (Wildman–Crippen LogP) is 1.18. The van der Waals surface area contributed by atoms with Gasteiger partial charge in [-0.2, -0.15) is 5.10 Å². The minimum atomic E-state index is 0.0925. The lowest BCUT2D eigenvalue weighted by Gasteiger charge is -2.27. The van der Waals surface area contributed by atoms with E-state index in [1.807, 2.05) is 11.6 Å². The van der Waals surface area contributed by atoms with Gasteiger partial charge in [0, 0.05) is 18.7 Å². The quantitative estimate of drug-likeness (QED) is 0.885. The summed E-state index contributed by atoms with van der Waals surface area (Å²) in [6, 6.07) is 0.472. The molecule has 6 heteroatoms. The van der Waals surface area contributed by atoms with Gasteiger partial charge in [0.05, 0.1) is 31.0 Å². The molecule has 2 saturated heterocycles. The fraction of sp³-hybridized carbons (Fsp3) is 0.765. The van der Waals surface area contributed by atoms with Crippen LogP contribution >= 0.6 is 0 Å². The van der Waals surface area contributed by atoms with Crippen molar-refractivity contribution in [3.63, 3.8) is 0 Å². The molecule has 2 aliphatic rings. The fourth-order valence-corrected chi connectivity index (χ4v) is 3.60. The van der Waals surface area contributed by atoms with Crippen LogP contribution < -0.4 is 5.32 Å². The summed E-state index contributed by atoms with van der Waals surface area (Å²) in [5.41, 5.74) is 3.40. The Morgan fingerprint density at radius 1 is 1.26 bits per heavy atom. The van der Waals surface area contributed by atoms with Crippen LogP contribution in [0.3, 0.4) is 0 Å². The highest BCUT2D eigenvalue weighted by molar-refractivity contribution is 5.76. The van der Waals surface area contributed by atoms with Crippen LogP contribution in [0.2, 0.25) is 0 Å². The summed E-state index contributed by atoms with van der Waals surface area (Å²) in [6.07, 6.45) is 2.98. The lowest BCUT2D eigenvalue weighted by Crippen LogP contribution is -2.50. The molecule has 0 bridgehead atoms. The van der Waals surface area contributed by atoms with Crippen LogP contribution in [-0.4, -0.2) is 59.0 Å². The van der Waals surface area contributed by atoms with E-state index >= 15 is 0 Å². The van der Waals surface area contributed by atoms with Crippen molar-refractivity contribution < 1.29 is 9.53 Å². The molecule has 3 rings (SSSR count). The average molecular weight is 320 g/mol. The fourth-order valence-electron chi connectivity index (χ4n) is 3.60. The lowest BCUT2D eigenvalue weighted by atomic mass is 10.1. The number of carbonyl (C=O) groups is 1. The average Bonchev–Trinajstić information content (AvgIpc) is 3.24. The molecule has 0 radical (unpaired) electrons. The van der Waals surface area contributed by atoms with Crippen LogP contribution in [-0.2, 0) is 16.1 Å². The molecular formula is C17H28N4O2. The molecule has 0 spiro atoms. The SMILES string of the molecule is Cc1nn(CCC(=O)N[C@H]2COC[C@@H]2N2CCCC2)c(C)c1C. The highest BCUT2D eigenvalue weighted by Gasteiger charge is 2.35. The molecule has 0 unspecified atom stereocenters. The van der Waals surface area contributed by atoms with Crippen molar-refractivity contribution in [2.24, 2.45) is 0 Å². The summed E-state index contributed by atoms with van der Waals surface area (Å²) >= 11 is 0. The monoisotopic (exact) mass is 320 g/mol. The topological polar surface area (TPSA) is 59.4 Å². The second kappa shape index (κ2) is 7.01. The van der Waals surface area contributed by atoms with Gasteiger partial charge >= 0.3 is 0 Å². The van der Waals surface area contributed by atoms with Crippen molar-refractivity contribution in [1.82, 2.24) is 20.0 Å². The molecule has 2 aliphatic heterocycles. The van der Waals surface area contributed by atoms with E-state index in [-0.39, 0.29) is 11.9 Å². The van der Waals surface area contributed by atoms with Crippen LogP contribution in [0.4, 0.5) is 0 Å². The van der Waals surface area contributed by atoms with Gasteiger partial charge in [-0.05, 0) is 52.3 Å². The highest BCUT2D eigenvalue weighted by Crippen LogP contribution is 2.19. The Morgan fingerprint density at radius 2 is 2.00 bits per heavy atom. The van der Waals surface area contributed by atoms with Gasteiger partial charge in [0.25, 0.3) is 0 Å². The molecule has 128 valence electrons. The van der Waals surface area contributed by atoms with Gasteiger partial charge in [0.1, 0.15) is 0 Å². The number of hydrogen-bond donors (Lipinski definition) is 1.